The van der Waals surface area contributed by atoms with Gasteiger partial charge in [-0.2, -0.15) is 0 Å². The molecule has 4 heterocycles. The van der Waals surface area contributed by atoms with Crippen LogP contribution in [0.25, 0.3) is 0 Å². The Kier molecular flexibility index (Phi) is 3.76. The van der Waals surface area contributed by atoms with Gasteiger partial charge in [-0.15, -0.1) is 0 Å². The molecule has 1 N–H and O–H groups in total. The van der Waals surface area contributed by atoms with Crippen LogP contribution in [0.3, 0.4) is 0 Å². The van der Waals surface area contributed by atoms with E-state index in [9.17, 15) is 0 Å². The number of rotatable bonds is 2. The van der Waals surface area contributed by atoms with Gasteiger partial charge in [0.25, 0.3) is 0 Å². The minimum atomic E-state index is 0.615. The highest BCUT2D eigenvalue weighted by Crippen LogP contribution is 2.30. The molecule has 18 heavy (non-hydrogen) atoms. The van der Waals surface area contributed by atoms with Crippen molar-refractivity contribution >= 4 is 23.2 Å². The number of nitrogens with one attached hydrogen (secondary N) is 1. The van der Waals surface area contributed by atoms with Crippen molar-refractivity contribution in [1.82, 2.24) is 15.2 Å². The van der Waals surface area contributed by atoms with Gasteiger partial charge < -0.3 is 5.32 Å². The molecule has 3 aliphatic heterocycles. The normalized spacial score (nSPS) is 28.3. The maximum Gasteiger partial charge on any atom is 0.0649 e. The molecule has 2 bridgehead atoms. The van der Waals surface area contributed by atoms with Crippen LogP contribution in [0.5, 0.6) is 0 Å². The summed E-state index contributed by atoms with van der Waals surface area (Å²) >= 11 is 12.4. The van der Waals surface area contributed by atoms with Gasteiger partial charge in [0.1, 0.15) is 0 Å². The van der Waals surface area contributed by atoms with Crippen LogP contribution in [-0.4, -0.2) is 35.6 Å². The van der Waals surface area contributed by atoms with Crippen molar-refractivity contribution in [2.45, 2.75) is 25.4 Å². The van der Waals surface area contributed by atoms with Gasteiger partial charge in [0.2, 0.25) is 0 Å². The number of aromatic nitrogens is 1. The fourth-order valence-electron chi connectivity index (χ4n) is 3.02. The molecule has 3 aliphatic rings. The monoisotopic (exact) mass is 285 g/mol. The summed E-state index contributed by atoms with van der Waals surface area (Å²) in [6, 6.07) is 0.615. The molecule has 0 aliphatic carbocycles. The maximum absolute atomic E-state index is 6.20. The molecule has 0 aromatic carbocycles. The molecular weight excluding hydrogens is 269 g/mol. The lowest BCUT2D eigenvalue weighted by Gasteiger charge is -2.36. The van der Waals surface area contributed by atoms with E-state index in [1.807, 2.05) is 0 Å². The summed E-state index contributed by atoms with van der Waals surface area (Å²) in [6.45, 7) is 4.21. The smallest absolute Gasteiger partial charge is 0.0649 e. The molecule has 3 saturated heterocycles. The molecular formula is C13H17Cl2N3. The first-order chi connectivity index (χ1) is 8.74. The zero-order valence-corrected chi connectivity index (χ0v) is 11.7. The van der Waals surface area contributed by atoms with E-state index >= 15 is 0 Å². The summed E-state index contributed by atoms with van der Waals surface area (Å²) in [4.78, 5) is 6.52. The zero-order chi connectivity index (χ0) is 12.5. The van der Waals surface area contributed by atoms with Gasteiger partial charge in [-0.1, -0.05) is 23.2 Å². The van der Waals surface area contributed by atoms with Crippen LogP contribution in [0.1, 0.15) is 18.4 Å². The Morgan fingerprint density at radius 1 is 1.22 bits per heavy atom. The van der Waals surface area contributed by atoms with E-state index in [1.54, 1.807) is 12.4 Å². The van der Waals surface area contributed by atoms with Crippen molar-refractivity contribution in [1.29, 1.82) is 0 Å². The molecule has 98 valence electrons. The number of piperidine rings is 1. The molecule has 0 radical (unpaired) electrons. The third-order valence-corrected chi connectivity index (χ3v) is 4.70. The molecule has 0 saturated carbocycles. The number of halogens is 2. The molecule has 1 aromatic heterocycles. The molecule has 4 rings (SSSR count). The number of pyridine rings is 1. The second kappa shape index (κ2) is 5.33. The van der Waals surface area contributed by atoms with Crippen LogP contribution in [0, 0.1) is 5.92 Å². The van der Waals surface area contributed by atoms with E-state index in [1.165, 1.54) is 12.8 Å². The fourth-order valence-corrected chi connectivity index (χ4v) is 3.50. The van der Waals surface area contributed by atoms with Crippen LogP contribution < -0.4 is 5.32 Å². The third kappa shape index (κ3) is 2.50. The van der Waals surface area contributed by atoms with Crippen molar-refractivity contribution in [2.24, 2.45) is 5.92 Å². The van der Waals surface area contributed by atoms with Crippen molar-refractivity contribution in [3.8, 4) is 0 Å². The van der Waals surface area contributed by atoms with Gasteiger partial charge in [0.15, 0.2) is 0 Å². The lowest BCUT2D eigenvalue weighted by Crippen LogP contribution is -2.43. The van der Waals surface area contributed by atoms with E-state index in [0.717, 1.165) is 37.7 Å². The van der Waals surface area contributed by atoms with Gasteiger partial charge in [-0.25, -0.2) is 0 Å². The second-order valence-electron chi connectivity index (χ2n) is 5.27. The molecule has 3 nitrogen and oxygen atoms in total. The largest absolute Gasteiger partial charge is 0.315 e. The average Bonchev–Trinajstić information content (AvgIpc) is 2.69. The summed E-state index contributed by atoms with van der Waals surface area (Å²) < 4.78 is 0. The molecule has 0 spiro atoms. The Labute approximate surface area is 117 Å². The highest BCUT2D eigenvalue weighted by atomic mass is 35.5. The van der Waals surface area contributed by atoms with Crippen LogP contribution in [0.2, 0.25) is 10.0 Å². The standard InChI is InChI=1S/C13H17Cl2N3/c14-12-5-17-6-13(15)11(12)8-18-7-9-1-2-10(18)4-16-3-9/h5-6,9-10,16H,1-4,7-8H2/t9-,10+/m0/s1. The Morgan fingerprint density at radius 3 is 2.78 bits per heavy atom. The fraction of sp³-hybridized carbons (Fsp3) is 0.615. The second-order valence-corrected chi connectivity index (χ2v) is 6.08. The first kappa shape index (κ1) is 12.7. The van der Waals surface area contributed by atoms with Crippen LogP contribution in [-0.2, 0) is 6.54 Å². The number of hydrogen-bond donors (Lipinski definition) is 1. The lowest BCUT2D eigenvalue weighted by molar-refractivity contribution is 0.126. The summed E-state index contributed by atoms with van der Waals surface area (Å²) in [6.07, 6.45) is 5.97. The summed E-state index contributed by atoms with van der Waals surface area (Å²) in [7, 11) is 0. The minimum Gasteiger partial charge on any atom is -0.315 e. The predicted octanol–water partition coefficient (Wildman–Crippen LogP) is 2.57. The average molecular weight is 286 g/mol. The van der Waals surface area contributed by atoms with Crippen molar-refractivity contribution < 1.29 is 0 Å². The van der Waals surface area contributed by atoms with Crippen molar-refractivity contribution in [3.63, 3.8) is 0 Å². The van der Waals surface area contributed by atoms with E-state index in [0.29, 0.717) is 16.1 Å². The van der Waals surface area contributed by atoms with E-state index < -0.39 is 0 Å². The minimum absolute atomic E-state index is 0.615. The Morgan fingerprint density at radius 2 is 2.00 bits per heavy atom. The third-order valence-electron chi connectivity index (χ3n) is 4.04. The Balaban J connectivity index is 1.80. The first-order valence-corrected chi connectivity index (χ1v) is 7.22. The summed E-state index contributed by atoms with van der Waals surface area (Å²) in [5.74, 6) is 0.767. The number of nitrogens with zero attached hydrogens (tertiary/aromatic N) is 2. The zero-order valence-electron chi connectivity index (χ0n) is 10.2. The maximum atomic E-state index is 6.20. The quantitative estimate of drug-likeness (QED) is 0.905. The summed E-state index contributed by atoms with van der Waals surface area (Å²) in [5, 5.41) is 4.89. The molecule has 1 aromatic rings. The lowest BCUT2D eigenvalue weighted by atomic mass is 9.94. The highest BCUT2D eigenvalue weighted by Gasteiger charge is 2.31. The van der Waals surface area contributed by atoms with Crippen molar-refractivity contribution in [2.75, 3.05) is 19.6 Å². The van der Waals surface area contributed by atoms with Gasteiger partial charge in [0, 0.05) is 43.6 Å². The first-order valence-electron chi connectivity index (χ1n) is 6.46. The highest BCUT2D eigenvalue weighted by molar-refractivity contribution is 6.35. The van der Waals surface area contributed by atoms with Crippen molar-refractivity contribution in [3.05, 3.63) is 28.0 Å². The molecule has 2 atom stereocenters. The molecule has 3 fully saturated rings. The Bertz CT molecular complexity index is 414. The van der Waals surface area contributed by atoms with Gasteiger partial charge in [-0.3, -0.25) is 9.88 Å². The van der Waals surface area contributed by atoms with Crippen LogP contribution in [0.4, 0.5) is 0 Å². The van der Waals surface area contributed by atoms with Gasteiger partial charge in [0.05, 0.1) is 10.0 Å². The summed E-state index contributed by atoms with van der Waals surface area (Å²) in [5.41, 5.74) is 1.01. The van der Waals surface area contributed by atoms with Gasteiger partial charge >= 0.3 is 0 Å². The number of hydrogen-bond acceptors (Lipinski definition) is 3. The van der Waals surface area contributed by atoms with Crippen LogP contribution in [0.15, 0.2) is 12.4 Å². The van der Waals surface area contributed by atoms with E-state index in [2.05, 4.69) is 15.2 Å². The molecule has 5 heteroatoms. The van der Waals surface area contributed by atoms with Crippen LogP contribution >= 0.6 is 23.2 Å². The molecule has 0 amide bonds. The number of fused-ring (bicyclic) bond motifs is 4. The molecule has 0 unspecified atom stereocenters. The van der Waals surface area contributed by atoms with E-state index in [4.69, 9.17) is 23.2 Å². The topological polar surface area (TPSA) is 28.2 Å². The predicted molar refractivity (Wildman–Crippen MR) is 74.0 cm³/mol. The van der Waals surface area contributed by atoms with Gasteiger partial charge in [-0.05, 0) is 25.3 Å². The Hall–Kier alpha value is -0.350. The SMILES string of the molecule is Clc1cncc(Cl)c1CN1C[C@H]2CC[C@@H]1CNC2. The van der Waals surface area contributed by atoms with E-state index in [-0.39, 0.29) is 0 Å².